The van der Waals surface area contributed by atoms with E-state index < -0.39 is 41.7 Å². The molecule has 0 radical (unpaired) electrons. The summed E-state index contributed by atoms with van der Waals surface area (Å²) in [5.74, 6) is 20.2. The third-order valence-electron chi connectivity index (χ3n) is 20.2. The molecule has 0 aliphatic heterocycles. The smallest absolute Gasteiger partial charge is 0.0156 e. The molecule has 366 valence electrons. The topological polar surface area (TPSA) is 0 Å². The van der Waals surface area contributed by atoms with E-state index in [4.69, 9.17) is 34.1 Å². The first-order valence-electron chi connectivity index (χ1n) is 25.2. The Morgan fingerprint density at radius 3 is 1.02 bits per heavy atom. The molecule has 9 rings (SSSR count). The van der Waals surface area contributed by atoms with Crippen molar-refractivity contribution in [3.63, 3.8) is 0 Å². The Kier molecular flexibility index (Phi) is 34.0. The van der Waals surface area contributed by atoms with Crippen LogP contribution in [0.4, 0.5) is 0 Å². The predicted octanol–water partition coefficient (Wildman–Crippen LogP) is 20.6. The van der Waals surface area contributed by atoms with Gasteiger partial charge in [0.1, 0.15) is 0 Å². The van der Waals surface area contributed by atoms with E-state index in [2.05, 4.69) is 106 Å². The first-order valence-corrected chi connectivity index (χ1v) is 37.8. The average molecular weight is 1110 g/mol. The van der Waals surface area contributed by atoms with E-state index in [0.29, 0.717) is 0 Å². The Labute approximate surface area is 434 Å². The summed E-state index contributed by atoms with van der Waals surface area (Å²) in [4.78, 5) is 0. The van der Waals surface area contributed by atoms with Crippen molar-refractivity contribution in [2.24, 2.45) is 112 Å². The van der Waals surface area contributed by atoms with Crippen LogP contribution in [0, 0.1) is 142 Å². The molecule has 0 aromatic heterocycles. The summed E-state index contributed by atoms with van der Waals surface area (Å²) < 4.78 is 0. The number of fused-ring (bicyclic) bond motifs is 6. The first-order chi connectivity index (χ1) is 28.2. The number of rotatable bonds is 1. The van der Waals surface area contributed by atoms with Gasteiger partial charge in [0.25, 0.3) is 0 Å². The van der Waals surface area contributed by atoms with Crippen LogP contribution in [0.2, 0.25) is 0 Å². The van der Waals surface area contributed by atoms with Crippen LogP contribution in [0.5, 0.6) is 0 Å². The Balaban J connectivity index is 0.000000788. The minimum atomic E-state index is -0.826. The van der Waals surface area contributed by atoms with Gasteiger partial charge in [-0.1, -0.05) is 145 Å². The van der Waals surface area contributed by atoms with Crippen LogP contribution in [0.1, 0.15) is 190 Å². The van der Waals surface area contributed by atoms with Crippen LogP contribution in [-0.2, 0) is 41.7 Å². The summed E-state index contributed by atoms with van der Waals surface area (Å²) in [5, 5.41) is 0. The van der Waals surface area contributed by atoms with Crippen LogP contribution in [0.25, 0.3) is 0 Å². The summed E-state index contributed by atoms with van der Waals surface area (Å²) >= 11 is -1.65. The summed E-state index contributed by atoms with van der Waals surface area (Å²) in [6, 6.07) is 11.3. The molecule has 8 saturated carbocycles. The SMILES string of the molecule is CC1C(C)C(C)C(C)C1C.CC1C(C)C(C)C(C)C1C.CC1CC2CCC3CCCCC3C2C1.[CH3-].[CH3-].[CH3-].[CH3-].[Cl][Zr+2][Cl].[Cl][Zr+2][Cl].c1ccc(C2CC3CCC4CCCCC4C3C2)cc1. The maximum atomic E-state index is 4.93. The Hall–Kier alpha value is 2.15. The van der Waals surface area contributed by atoms with Gasteiger partial charge in [0, 0.05) is 0 Å². The quantitative estimate of drug-likeness (QED) is 0.246. The summed E-state index contributed by atoms with van der Waals surface area (Å²) in [6.45, 7) is 26.5. The molecule has 6 heteroatoms. The second-order valence-corrected chi connectivity index (χ2v) is 29.8. The summed E-state index contributed by atoms with van der Waals surface area (Å²) in [7, 11) is 19.7. The first kappa shape index (κ1) is 65.1. The molecule has 0 saturated heterocycles. The van der Waals surface area contributed by atoms with Crippen LogP contribution < -0.4 is 0 Å². The van der Waals surface area contributed by atoms with Gasteiger partial charge in [0.2, 0.25) is 0 Å². The minimum absolute atomic E-state index is 0. The number of hydrogen-bond acceptors (Lipinski definition) is 0. The van der Waals surface area contributed by atoms with Crippen LogP contribution in [0.3, 0.4) is 0 Å². The van der Waals surface area contributed by atoms with Gasteiger partial charge in [-0.05, 0) is 188 Å². The zero-order valence-corrected chi connectivity index (χ0v) is 51.7. The van der Waals surface area contributed by atoms with E-state index in [9.17, 15) is 0 Å². The molecule has 10 unspecified atom stereocenters. The average Bonchev–Trinajstić information content (AvgIpc) is 3.96. The monoisotopic (exact) mass is 1110 g/mol. The maximum absolute atomic E-state index is 4.93. The van der Waals surface area contributed by atoms with Crippen molar-refractivity contribution < 1.29 is 41.7 Å². The molecular formula is C57H102Cl4Zr2. The summed E-state index contributed by atoms with van der Waals surface area (Å²) in [5.41, 5.74) is 1.62. The van der Waals surface area contributed by atoms with E-state index in [0.717, 1.165) is 118 Å². The molecule has 8 aliphatic rings. The molecular weight excluding hydrogens is 1010 g/mol. The second-order valence-electron chi connectivity index (χ2n) is 22.3. The molecule has 0 heterocycles. The predicted molar refractivity (Wildman–Crippen MR) is 281 cm³/mol. The Morgan fingerprint density at radius 2 is 0.651 bits per heavy atom. The van der Waals surface area contributed by atoms with E-state index in [-0.39, 0.29) is 29.7 Å². The van der Waals surface area contributed by atoms with E-state index >= 15 is 0 Å². The Morgan fingerprint density at radius 1 is 0.349 bits per heavy atom. The van der Waals surface area contributed by atoms with E-state index in [1.807, 2.05) is 0 Å². The van der Waals surface area contributed by atoms with Gasteiger partial charge in [-0.25, -0.2) is 0 Å². The van der Waals surface area contributed by atoms with Crippen molar-refractivity contribution in [2.45, 2.75) is 185 Å². The van der Waals surface area contributed by atoms with Crippen LogP contribution in [0.15, 0.2) is 30.3 Å². The van der Waals surface area contributed by atoms with Gasteiger partial charge in [0.05, 0.1) is 0 Å². The summed E-state index contributed by atoms with van der Waals surface area (Å²) in [6.07, 6.45) is 24.7. The fraction of sp³-hybridized carbons (Fsp3) is 0.825. The van der Waals surface area contributed by atoms with Crippen molar-refractivity contribution in [3.8, 4) is 0 Å². The van der Waals surface area contributed by atoms with E-state index in [1.54, 1.807) is 69.8 Å². The molecule has 63 heavy (non-hydrogen) atoms. The minimum Gasteiger partial charge on any atom is -0.0622 e. The van der Waals surface area contributed by atoms with Crippen molar-refractivity contribution in [3.05, 3.63) is 65.6 Å². The molecule has 0 amide bonds. The molecule has 1 aromatic carbocycles. The normalized spacial score (nSPS) is 42.1. The third-order valence-corrected chi connectivity index (χ3v) is 20.2. The fourth-order valence-electron chi connectivity index (χ4n) is 15.3. The standard InChI is InChI=1S/C19H26.C14H24.2C10H20.4CH3.4ClH.2Zr/c1-2-6-14(7-3-1)17-12-16-11-10-15-8-4-5-9-18(15)19(16)13-17;1-10-8-12-7-6-11-4-2-3-5-13(11)14(12)9-10;2*1-6-7(2)9(4)10(5)8(6)3;;;;;;;;;;/h1-3,6-7,15-19H,4-5,8-13H2;10-14H,2-9H2,1H3;2*6-10H,1-5H3;4*1H3;4*1H;;/q;;;;4*-1;;;;;2*+4/p-4. The van der Waals surface area contributed by atoms with Crippen molar-refractivity contribution >= 4 is 34.1 Å². The van der Waals surface area contributed by atoms with Crippen LogP contribution in [-0.4, -0.2) is 0 Å². The number of halogens is 4. The maximum Gasteiger partial charge on any atom is -0.0156 e. The van der Waals surface area contributed by atoms with Gasteiger partial charge in [-0.2, -0.15) is 0 Å². The van der Waals surface area contributed by atoms with Crippen molar-refractivity contribution in [1.29, 1.82) is 0 Å². The van der Waals surface area contributed by atoms with Gasteiger partial charge in [-0.3, -0.25) is 0 Å². The molecule has 0 spiro atoms. The second kappa shape index (κ2) is 32.9. The fourth-order valence-corrected chi connectivity index (χ4v) is 15.3. The molecule has 0 nitrogen and oxygen atoms in total. The van der Waals surface area contributed by atoms with Gasteiger partial charge in [0.15, 0.2) is 0 Å². The molecule has 8 fully saturated rings. The molecule has 8 aliphatic carbocycles. The Bertz CT molecular complexity index is 1150. The molecule has 0 N–H and O–H groups in total. The van der Waals surface area contributed by atoms with Crippen LogP contribution >= 0.6 is 34.1 Å². The number of hydrogen-bond donors (Lipinski definition) is 0. The van der Waals surface area contributed by atoms with E-state index in [1.165, 1.54) is 38.5 Å². The van der Waals surface area contributed by atoms with Gasteiger partial charge >= 0.3 is 75.7 Å². The van der Waals surface area contributed by atoms with Gasteiger partial charge in [-0.15, -0.1) is 0 Å². The third kappa shape index (κ3) is 17.7. The van der Waals surface area contributed by atoms with Crippen molar-refractivity contribution in [2.75, 3.05) is 0 Å². The number of benzene rings is 1. The zero-order valence-electron chi connectivity index (χ0n) is 43.8. The largest absolute Gasteiger partial charge is 0.0622 e. The zero-order chi connectivity index (χ0) is 43.4. The van der Waals surface area contributed by atoms with Crippen molar-refractivity contribution in [1.82, 2.24) is 0 Å². The molecule has 10 atom stereocenters. The molecule has 1 aromatic rings. The van der Waals surface area contributed by atoms with Gasteiger partial charge < -0.3 is 29.7 Å². The molecule has 0 bridgehead atoms.